The monoisotopic (exact) mass is 324 g/mol. The minimum Gasteiger partial charge on any atom is -0.335 e. The number of halogens is 1. The number of rotatable bonds is 5. The van der Waals surface area contributed by atoms with Gasteiger partial charge in [0.15, 0.2) is 0 Å². The Labute approximate surface area is 140 Å². The Kier molecular flexibility index (Phi) is 7.91. The Bertz CT molecular complexity index is 461. The maximum Gasteiger partial charge on any atom is 0.223 e. The first-order valence-corrected chi connectivity index (χ1v) is 8.14. The summed E-state index contributed by atoms with van der Waals surface area (Å²) >= 11 is 0. The van der Waals surface area contributed by atoms with Crippen LogP contribution < -0.4 is 5.32 Å². The van der Waals surface area contributed by atoms with Crippen molar-refractivity contribution in [2.24, 2.45) is 5.92 Å². The van der Waals surface area contributed by atoms with Crippen molar-refractivity contribution in [3.05, 3.63) is 35.4 Å². The van der Waals surface area contributed by atoms with Gasteiger partial charge in [0.1, 0.15) is 0 Å². The molecule has 2 rings (SSSR count). The second-order valence-corrected chi connectivity index (χ2v) is 6.27. The normalized spacial score (nSPS) is 21.3. The summed E-state index contributed by atoms with van der Waals surface area (Å²) in [5, 5.41) is 3.11. The maximum atomic E-state index is 12.6. The van der Waals surface area contributed by atoms with E-state index in [4.69, 9.17) is 0 Å². The summed E-state index contributed by atoms with van der Waals surface area (Å²) in [6.07, 6.45) is 3.90. The highest BCUT2D eigenvalue weighted by molar-refractivity contribution is 5.85. The van der Waals surface area contributed by atoms with Crippen molar-refractivity contribution in [1.29, 1.82) is 0 Å². The quantitative estimate of drug-likeness (QED) is 0.837. The van der Waals surface area contributed by atoms with Gasteiger partial charge < -0.3 is 10.2 Å². The lowest BCUT2D eigenvalue weighted by Gasteiger charge is -2.40. The lowest BCUT2D eigenvalue weighted by molar-refractivity contribution is -0.136. The number of carbonyl (C=O) groups excluding carboxylic acids is 1. The third-order valence-corrected chi connectivity index (χ3v) is 4.49. The molecule has 1 heterocycles. The number of hydrogen-bond donors (Lipinski definition) is 1. The highest BCUT2D eigenvalue weighted by Crippen LogP contribution is 2.36. The standard InChI is InChI=1S/C18H28N2O.ClH/c1-14-8-10-16(11-9-14)18-15(2)6-5-13-20(18)17(21)7-4-12-19-3;/h8-11,15,18-19H,4-7,12-13H2,1-3H3;1H. The molecule has 2 atom stereocenters. The Morgan fingerprint density at radius 1 is 1.32 bits per heavy atom. The summed E-state index contributed by atoms with van der Waals surface area (Å²) in [6.45, 7) is 6.19. The summed E-state index contributed by atoms with van der Waals surface area (Å²) in [5.74, 6) is 0.845. The Morgan fingerprint density at radius 2 is 2.00 bits per heavy atom. The topological polar surface area (TPSA) is 32.3 Å². The van der Waals surface area contributed by atoms with Crippen LogP contribution in [0.15, 0.2) is 24.3 Å². The fourth-order valence-electron chi connectivity index (χ4n) is 3.30. The first-order chi connectivity index (χ1) is 10.1. The average Bonchev–Trinajstić information content (AvgIpc) is 2.48. The minimum atomic E-state index is 0. The molecule has 1 saturated heterocycles. The molecule has 0 radical (unpaired) electrons. The third-order valence-electron chi connectivity index (χ3n) is 4.49. The zero-order valence-electron chi connectivity index (χ0n) is 14.0. The molecule has 1 fully saturated rings. The lowest BCUT2D eigenvalue weighted by Crippen LogP contribution is -2.42. The summed E-state index contributed by atoms with van der Waals surface area (Å²) in [7, 11) is 1.93. The molecular formula is C18H29ClN2O. The van der Waals surface area contributed by atoms with Gasteiger partial charge in [0.05, 0.1) is 6.04 Å². The van der Waals surface area contributed by atoms with Gasteiger partial charge in [0, 0.05) is 13.0 Å². The van der Waals surface area contributed by atoms with Crippen LogP contribution in [0.25, 0.3) is 0 Å². The smallest absolute Gasteiger partial charge is 0.223 e. The number of carbonyl (C=O) groups is 1. The average molecular weight is 325 g/mol. The van der Waals surface area contributed by atoms with Crippen molar-refractivity contribution >= 4 is 18.3 Å². The number of hydrogen-bond acceptors (Lipinski definition) is 2. The number of amides is 1. The van der Waals surface area contributed by atoms with Gasteiger partial charge in [0.25, 0.3) is 0 Å². The highest BCUT2D eigenvalue weighted by atomic mass is 35.5. The van der Waals surface area contributed by atoms with Crippen molar-refractivity contribution in [2.75, 3.05) is 20.1 Å². The highest BCUT2D eigenvalue weighted by Gasteiger charge is 2.32. The van der Waals surface area contributed by atoms with Crippen LogP contribution in [0.4, 0.5) is 0 Å². The fraction of sp³-hybridized carbons (Fsp3) is 0.611. The van der Waals surface area contributed by atoms with Gasteiger partial charge in [0.2, 0.25) is 5.91 Å². The molecule has 0 spiro atoms. The first kappa shape index (κ1) is 19.0. The largest absolute Gasteiger partial charge is 0.335 e. The SMILES string of the molecule is CNCCCC(=O)N1CCCC(C)C1c1ccc(C)cc1.Cl. The van der Waals surface area contributed by atoms with Crippen molar-refractivity contribution in [1.82, 2.24) is 10.2 Å². The molecule has 124 valence electrons. The Morgan fingerprint density at radius 3 is 2.64 bits per heavy atom. The van der Waals surface area contributed by atoms with Crippen molar-refractivity contribution in [3.63, 3.8) is 0 Å². The molecule has 3 nitrogen and oxygen atoms in total. The summed E-state index contributed by atoms with van der Waals surface area (Å²) in [6, 6.07) is 8.94. The zero-order valence-corrected chi connectivity index (χ0v) is 14.8. The van der Waals surface area contributed by atoms with Crippen LogP contribution in [0.3, 0.4) is 0 Å². The van der Waals surface area contributed by atoms with E-state index >= 15 is 0 Å². The molecule has 1 aromatic carbocycles. The Hall–Kier alpha value is -1.06. The van der Waals surface area contributed by atoms with Crippen LogP contribution in [0.1, 0.15) is 49.8 Å². The fourth-order valence-corrected chi connectivity index (χ4v) is 3.30. The van der Waals surface area contributed by atoms with E-state index in [1.54, 1.807) is 0 Å². The van der Waals surface area contributed by atoms with Crippen molar-refractivity contribution < 1.29 is 4.79 Å². The maximum absolute atomic E-state index is 12.6. The molecule has 0 aromatic heterocycles. The summed E-state index contributed by atoms with van der Waals surface area (Å²) in [4.78, 5) is 14.7. The molecule has 0 aliphatic carbocycles. The molecule has 0 bridgehead atoms. The molecule has 0 saturated carbocycles. The molecule has 1 amide bonds. The number of aryl methyl sites for hydroxylation is 1. The van der Waals surface area contributed by atoms with E-state index in [9.17, 15) is 4.79 Å². The lowest BCUT2D eigenvalue weighted by atomic mass is 9.85. The van der Waals surface area contributed by atoms with Gasteiger partial charge in [-0.1, -0.05) is 36.8 Å². The molecule has 2 unspecified atom stereocenters. The van der Waals surface area contributed by atoms with Gasteiger partial charge >= 0.3 is 0 Å². The van der Waals surface area contributed by atoms with Crippen LogP contribution in [0, 0.1) is 12.8 Å². The van der Waals surface area contributed by atoms with E-state index in [1.165, 1.54) is 17.5 Å². The third kappa shape index (κ3) is 4.72. The molecular weight excluding hydrogens is 296 g/mol. The Balaban J connectivity index is 0.00000242. The zero-order chi connectivity index (χ0) is 15.2. The van der Waals surface area contributed by atoms with Crippen LogP contribution >= 0.6 is 12.4 Å². The molecule has 1 aromatic rings. The summed E-state index contributed by atoms with van der Waals surface area (Å²) < 4.78 is 0. The van der Waals surface area contributed by atoms with E-state index in [0.29, 0.717) is 18.2 Å². The van der Waals surface area contributed by atoms with Crippen LogP contribution in [-0.2, 0) is 4.79 Å². The number of nitrogens with one attached hydrogen (secondary N) is 1. The molecule has 22 heavy (non-hydrogen) atoms. The molecule has 1 N–H and O–H groups in total. The van der Waals surface area contributed by atoms with E-state index in [-0.39, 0.29) is 18.4 Å². The van der Waals surface area contributed by atoms with Gasteiger partial charge in [-0.25, -0.2) is 0 Å². The number of benzene rings is 1. The van der Waals surface area contributed by atoms with Crippen molar-refractivity contribution in [3.8, 4) is 0 Å². The predicted octanol–water partition coefficient (Wildman–Crippen LogP) is 3.72. The first-order valence-electron chi connectivity index (χ1n) is 8.14. The number of piperidine rings is 1. The molecule has 4 heteroatoms. The van der Waals surface area contributed by atoms with Gasteiger partial charge in [-0.15, -0.1) is 12.4 Å². The van der Waals surface area contributed by atoms with Crippen LogP contribution in [0.2, 0.25) is 0 Å². The minimum absolute atomic E-state index is 0. The number of likely N-dealkylation sites (tertiary alicyclic amines) is 1. The van der Waals surface area contributed by atoms with Gasteiger partial charge in [-0.2, -0.15) is 0 Å². The second-order valence-electron chi connectivity index (χ2n) is 6.27. The van der Waals surface area contributed by atoms with E-state index in [0.717, 1.165) is 25.9 Å². The van der Waals surface area contributed by atoms with E-state index < -0.39 is 0 Å². The van der Waals surface area contributed by atoms with Gasteiger partial charge in [-0.05, 0) is 51.3 Å². The molecule has 1 aliphatic rings. The summed E-state index contributed by atoms with van der Waals surface area (Å²) in [5.41, 5.74) is 2.56. The van der Waals surface area contributed by atoms with Crippen LogP contribution in [-0.4, -0.2) is 30.9 Å². The van der Waals surface area contributed by atoms with Crippen LogP contribution in [0.5, 0.6) is 0 Å². The van der Waals surface area contributed by atoms with E-state index in [1.807, 2.05) is 7.05 Å². The predicted molar refractivity (Wildman–Crippen MR) is 94.4 cm³/mol. The van der Waals surface area contributed by atoms with Crippen molar-refractivity contribution in [2.45, 2.75) is 45.6 Å². The van der Waals surface area contributed by atoms with Gasteiger partial charge in [-0.3, -0.25) is 4.79 Å². The molecule has 1 aliphatic heterocycles. The van der Waals surface area contributed by atoms with E-state index in [2.05, 4.69) is 48.3 Å². The number of nitrogens with zero attached hydrogens (tertiary/aromatic N) is 1. The second kappa shape index (κ2) is 9.16.